The molecule has 546 valence electrons. The number of morpholine rings is 1. The molecule has 17 heteroatoms. The number of carbonyl (C=O) groups excluding carboxylic acids is 8. The van der Waals surface area contributed by atoms with E-state index >= 15 is 0 Å². The summed E-state index contributed by atoms with van der Waals surface area (Å²) in [6.07, 6.45) is 19.9. The fraction of sp³-hybridized carbons (Fsp3) is 0.630. The Labute approximate surface area is 585 Å². The predicted octanol–water partition coefficient (Wildman–Crippen LogP) is 17.0. The van der Waals surface area contributed by atoms with Gasteiger partial charge in [0, 0.05) is 91.1 Å². The molecule has 5 heterocycles. The van der Waals surface area contributed by atoms with Gasteiger partial charge in [0.15, 0.2) is 0 Å². The molecule has 4 aromatic rings. The van der Waals surface area contributed by atoms with E-state index in [4.69, 9.17) is 14.2 Å². The Morgan fingerprint density at radius 3 is 1.35 bits per heavy atom. The zero-order valence-corrected chi connectivity index (χ0v) is 63.2. The fourth-order valence-corrected chi connectivity index (χ4v) is 11.7. The highest BCUT2D eigenvalue weighted by Gasteiger charge is 2.48. The lowest BCUT2D eigenvalue weighted by atomic mass is 9.56. The van der Waals surface area contributed by atoms with Crippen molar-refractivity contribution in [3.05, 3.63) is 132 Å². The van der Waals surface area contributed by atoms with Gasteiger partial charge in [-0.25, -0.2) is 4.39 Å². The van der Waals surface area contributed by atoms with E-state index in [1.807, 2.05) is 120 Å². The maximum Gasteiger partial charge on any atom is 0.330 e. The number of Topliss-reactive ketones (excluding diaryl/α,β-unsaturated/α-hetero) is 8. The van der Waals surface area contributed by atoms with Crippen LogP contribution in [0.2, 0.25) is 0 Å². The van der Waals surface area contributed by atoms with Gasteiger partial charge in [-0.2, -0.15) is 8.78 Å². The third-order valence-corrected chi connectivity index (χ3v) is 21.7. The van der Waals surface area contributed by atoms with Crippen molar-refractivity contribution in [2.75, 3.05) is 52.7 Å². The number of benzene rings is 2. The molecule has 3 aliphatic heterocycles. The van der Waals surface area contributed by atoms with E-state index in [0.717, 1.165) is 108 Å². The lowest BCUT2D eigenvalue weighted by Gasteiger charge is -2.47. The Bertz CT molecular complexity index is 2860. The largest absolute Gasteiger partial charge is 0.381 e. The standard InChI is InChI=1S/C12H20O.C11H13FO.2C10H13NO.2C10H18O2.C9H8F2O.C9H17NO2/c1-10(13)12(8-5-9-12)11-6-3-2-4-7-11;1-8(13)11(2,3)9-4-6-10(12)7-5-9;1-8(12)10(2,3)9-5-4-6-11-7-9;1-8(12)10(2,3)9-6-4-5-7-11-9;1-8(11)10(2,3)9-4-6-12-7-5-9;1-8(11)10(2,3)9-5-4-6-12-7-9;1-7(12)9(10,11)8-5-3-2-4-6-8;1-8(11)9(2,3)10-4-6-12-7-5-10/h11H,2-9H2,1H3;4-7H,1-3H3;2*4-7H,1-3H3;2*9H,4-7H2,1-3H3;2-6H,1H3;4-7H2,1-3H3. The second-order valence-electron chi connectivity index (χ2n) is 30.0. The van der Waals surface area contributed by atoms with Crippen molar-refractivity contribution in [2.45, 2.75) is 243 Å². The summed E-state index contributed by atoms with van der Waals surface area (Å²) >= 11 is 0. The summed E-state index contributed by atoms with van der Waals surface area (Å²) in [6.45, 7) is 42.3. The lowest BCUT2D eigenvalue weighted by molar-refractivity contribution is -0.142. The maximum atomic E-state index is 12.9. The number of halogens is 3. The van der Waals surface area contributed by atoms with Crippen LogP contribution < -0.4 is 0 Å². The Morgan fingerprint density at radius 1 is 0.449 bits per heavy atom. The highest BCUT2D eigenvalue weighted by molar-refractivity contribution is 5.88. The molecular formula is C81H120F3N3O11. The molecular weight excluding hydrogens is 1250 g/mol. The molecule has 2 saturated carbocycles. The lowest BCUT2D eigenvalue weighted by Crippen LogP contribution is -2.53. The minimum Gasteiger partial charge on any atom is -0.381 e. The van der Waals surface area contributed by atoms with Crippen LogP contribution in [0.4, 0.5) is 13.2 Å². The van der Waals surface area contributed by atoms with Gasteiger partial charge in [0.25, 0.3) is 0 Å². The van der Waals surface area contributed by atoms with Gasteiger partial charge in [0.1, 0.15) is 46.3 Å². The number of ether oxygens (including phenoxy) is 3. The number of alkyl halides is 2. The molecule has 9 rings (SSSR count). The normalized spacial score (nSPS) is 17.6. The molecule has 5 fully saturated rings. The van der Waals surface area contributed by atoms with Crippen LogP contribution in [0.5, 0.6) is 0 Å². The summed E-state index contributed by atoms with van der Waals surface area (Å²) in [5, 5.41) is 0. The molecule has 98 heavy (non-hydrogen) atoms. The number of nitrogens with zero attached hydrogens (tertiary/aromatic N) is 3. The monoisotopic (exact) mass is 1370 g/mol. The Balaban J connectivity index is 0.000000381. The van der Waals surface area contributed by atoms with Crippen LogP contribution in [0.3, 0.4) is 0 Å². The van der Waals surface area contributed by atoms with Crippen LogP contribution in [0.1, 0.15) is 238 Å². The quantitative estimate of drug-likeness (QED) is 0.103. The predicted molar refractivity (Wildman–Crippen MR) is 384 cm³/mol. The molecule has 0 bridgehead atoms. The van der Waals surface area contributed by atoms with Gasteiger partial charge in [-0.1, -0.05) is 108 Å². The number of rotatable bonds is 16. The van der Waals surface area contributed by atoms with Crippen LogP contribution in [0.25, 0.3) is 0 Å². The number of carbonyl (C=O) groups is 8. The second kappa shape index (κ2) is 40.2. The molecule has 2 aromatic heterocycles. The summed E-state index contributed by atoms with van der Waals surface area (Å²) in [7, 11) is 0. The van der Waals surface area contributed by atoms with Crippen molar-refractivity contribution >= 4 is 46.3 Å². The molecule has 3 saturated heterocycles. The highest BCUT2D eigenvalue weighted by Crippen LogP contribution is 2.52. The third-order valence-electron chi connectivity index (χ3n) is 21.7. The first-order chi connectivity index (χ1) is 45.5. The van der Waals surface area contributed by atoms with E-state index < -0.39 is 28.0 Å². The van der Waals surface area contributed by atoms with Crippen molar-refractivity contribution in [1.29, 1.82) is 0 Å². The molecule has 5 aliphatic rings. The number of ketones is 8. The van der Waals surface area contributed by atoms with Crippen molar-refractivity contribution in [3.8, 4) is 0 Å². The van der Waals surface area contributed by atoms with Crippen molar-refractivity contribution < 1.29 is 65.7 Å². The zero-order chi connectivity index (χ0) is 74.5. The number of hydrogen-bond donors (Lipinski definition) is 0. The molecule has 0 spiro atoms. The van der Waals surface area contributed by atoms with Crippen LogP contribution in [0.15, 0.2) is 104 Å². The van der Waals surface area contributed by atoms with Crippen molar-refractivity contribution in [2.24, 2.45) is 34.0 Å². The first-order valence-electron chi connectivity index (χ1n) is 35.1. The molecule has 0 amide bonds. The Kier molecular flexibility index (Phi) is 36.1. The minimum absolute atomic E-state index is 0.0825. The molecule has 14 nitrogen and oxygen atoms in total. The smallest absolute Gasteiger partial charge is 0.330 e. The summed E-state index contributed by atoms with van der Waals surface area (Å²) < 4.78 is 54.3. The Morgan fingerprint density at radius 2 is 0.939 bits per heavy atom. The van der Waals surface area contributed by atoms with Crippen molar-refractivity contribution in [3.63, 3.8) is 0 Å². The third kappa shape index (κ3) is 26.4. The van der Waals surface area contributed by atoms with Gasteiger partial charge in [0.2, 0.25) is 5.78 Å². The zero-order valence-electron chi connectivity index (χ0n) is 63.2. The molecule has 0 radical (unpaired) electrons. The number of pyridine rings is 2. The highest BCUT2D eigenvalue weighted by atomic mass is 19.3. The average molecular weight is 1370 g/mol. The van der Waals surface area contributed by atoms with E-state index in [2.05, 4.69) is 14.9 Å². The minimum atomic E-state index is -3.35. The average Bonchev–Trinajstić information content (AvgIpc) is 0.776. The first-order valence-corrected chi connectivity index (χ1v) is 35.1. The van der Waals surface area contributed by atoms with Crippen LogP contribution >= 0.6 is 0 Å². The second-order valence-corrected chi connectivity index (χ2v) is 30.0. The van der Waals surface area contributed by atoms with Crippen LogP contribution in [-0.4, -0.2) is 119 Å². The van der Waals surface area contributed by atoms with Crippen LogP contribution in [0, 0.1) is 39.8 Å². The molecule has 2 aliphatic carbocycles. The Hall–Kier alpha value is -6.27. The van der Waals surface area contributed by atoms with Gasteiger partial charge < -0.3 is 14.2 Å². The van der Waals surface area contributed by atoms with Gasteiger partial charge in [-0.05, 0) is 214 Å². The van der Waals surface area contributed by atoms with E-state index in [1.165, 1.54) is 87.8 Å². The van der Waals surface area contributed by atoms with Gasteiger partial charge in [0.05, 0.1) is 36.5 Å². The summed E-state index contributed by atoms with van der Waals surface area (Å²) in [5.41, 5.74) is 0.506. The SMILES string of the molecule is CC(=O)C(C)(C)C1CCCOC1.CC(=O)C(C)(C)C1CCOCC1.CC(=O)C(C)(C)N1CCOCC1.CC(=O)C(C)(C)c1ccc(F)cc1.CC(=O)C(C)(C)c1ccccn1.CC(=O)C(C)(C)c1cccnc1.CC(=O)C(F)(F)c1ccccc1.CC(=O)C1(C2CCCCC2)CCC1. The van der Waals surface area contributed by atoms with E-state index in [0.29, 0.717) is 23.4 Å². The van der Waals surface area contributed by atoms with Gasteiger partial charge >= 0.3 is 5.92 Å². The first kappa shape index (κ1) is 87.8. The van der Waals surface area contributed by atoms with E-state index in [-0.39, 0.29) is 62.1 Å². The van der Waals surface area contributed by atoms with Gasteiger partial charge in [-0.15, -0.1) is 0 Å². The molecule has 1 atom stereocenters. The van der Waals surface area contributed by atoms with Crippen molar-refractivity contribution in [1.82, 2.24) is 14.9 Å². The van der Waals surface area contributed by atoms with Crippen LogP contribution in [-0.2, 0) is 74.7 Å². The van der Waals surface area contributed by atoms with Gasteiger partial charge in [-0.3, -0.25) is 53.2 Å². The van der Waals surface area contributed by atoms with E-state index in [9.17, 15) is 51.5 Å². The molecule has 0 N–H and O–H groups in total. The topological polar surface area (TPSA) is 193 Å². The summed E-state index contributed by atoms with van der Waals surface area (Å²) in [5.74, 6) is -1.41. The number of aromatic nitrogens is 2. The van der Waals surface area contributed by atoms with E-state index in [1.54, 1.807) is 78.3 Å². The number of hydrogen-bond acceptors (Lipinski definition) is 14. The fourth-order valence-electron chi connectivity index (χ4n) is 11.7. The molecule has 1 unspecified atom stereocenters. The summed E-state index contributed by atoms with van der Waals surface area (Å²) in [6, 6.07) is 22.5. The summed E-state index contributed by atoms with van der Waals surface area (Å²) in [4.78, 5) is 100. The molecule has 2 aromatic carbocycles. The maximum absolute atomic E-state index is 12.9.